The highest BCUT2D eigenvalue weighted by atomic mass is 35.5. The van der Waals surface area contributed by atoms with Crippen LogP contribution in [0.5, 0.6) is 5.75 Å². The second-order valence-electron chi connectivity index (χ2n) is 5.60. The fourth-order valence-corrected chi connectivity index (χ4v) is 3.18. The van der Waals surface area contributed by atoms with Crippen molar-refractivity contribution in [1.29, 1.82) is 0 Å². The third-order valence-electron chi connectivity index (χ3n) is 3.54. The van der Waals surface area contributed by atoms with E-state index in [1.165, 1.54) is 18.3 Å². The summed E-state index contributed by atoms with van der Waals surface area (Å²) < 4.78 is 10.9. The molecule has 1 amide bonds. The Kier molecular flexibility index (Phi) is 7.33. The predicted molar refractivity (Wildman–Crippen MR) is 117 cm³/mol. The van der Waals surface area contributed by atoms with Gasteiger partial charge in [0.05, 0.1) is 26.3 Å². The van der Waals surface area contributed by atoms with Gasteiger partial charge in [-0.3, -0.25) is 4.79 Å². The number of nitrogens with zero attached hydrogens (tertiary/aromatic N) is 1. The Morgan fingerprint density at radius 2 is 1.72 bits per heavy atom. The number of halogens is 5. The minimum Gasteiger partial charge on any atom is -0.482 e. The van der Waals surface area contributed by atoms with E-state index in [1.807, 2.05) is 0 Å². The zero-order valence-electron chi connectivity index (χ0n) is 14.4. The molecule has 5 nitrogen and oxygen atoms in total. The Morgan fingerprint density at radius 1 is 0.966 bits per heavy atom. The van der Waals surface area contributed by atoms with Crippen LogP contribution in [0.25, 0.3) is 11.3 Å². The summed E-state index contributed by atoms with van der Waals surface area (Å²) in [6.07, 6.45) is 1.33. The van der Waals surface area contributed by atoms with Gasteiger partial charge in [0.15, 0.2) is 6.61 Å². The van der Waals surface area contributed by atoms with Crippen molar-refractivity contribution in [2.75, 3.05) is 6.61 Å². The zero-order chi connectivity index (χ0) is 21.0. The third-order valence-corrected chi connectivity index (χ3v) is 5.12. The summed E-state index contributed by atoms with van der Waals surface area (Å²) in [7, 11) is 0. The van der Waals surface area contributed by atoms with Crippen LogP contribution < -0.4 is 10.2 Å². The Bertz CT molecular complexity index is 1080. The van der Waals surface area contributed by atoms with Crippen LogP contribution in [0.15, 0.2) is 52.0 Å². The van der Waals surface area contributed by atoms with Crippen LogP contribution in [0.1, 0.15) is 5.76 Å². The van der Waals surface area contributed by atoms with Crippen molar-refractivity contribution >= 4 is 70.1 Å². The van der Waals surface area contributed by atoms with Crippen LogP contribution in [0, 0.1) is 0 Å². The fourth-order valence-electron chi connectivity index (χ4n) is 2.21. The van der Waals surface area contributed by atoms with Crippen LogP contribution in [-0.2, 0) is 4.79 Å². The van der Waals surface area contributed by atoms with E-state index in [1.54, 1.807) is 30.3 Å². The highest BCUT2D eigenvalue weighted by Gasteiger charge is 2.12. The number of ether oxygens (including phenoxy) is 1. The van der Waals surface area contributed by atoms with Gasteiger partial charge in [0, 0.05) is 16.7 Å². The van der Waals surface area contributed by atoms with E-state index in [2.05, 4.69) is 10.5 Å². The monoisotopic (exact) mass is 490 g/mol. The van der Waals surface area contributed by atoms with Crippen LogP contribution >= 0.6 is 58.0 Å². The molecule has 0 bridgehead atoms. The summed E-state index contributed by atoms with van der Waals surface area (Å²) in [4.78, 5) is 11.8. The largest absolute Gasteiger partial charge is 0.482 e. The van der Waals surface area contributed by atoms with Crippen LogP contribution in [0.4, 0.5) is 0 Å². The Morgan fingerprint density at radius 3 is 2.52 bits per heavy atom. The third kappa shape index (κ3) is 5.81. The van der Waals surface area contributed by atoms with E-state index in [0.717, 1.165) is 0 Å². The molecule has 0 aliphatic rings. The molecule has 0 atom stereocenters. The normalized spacial score (nSPS) is 11.1. The van der Waals surface area contributed by atoms with E-state index in [4.69, 9.17) is 67.2 Å². The lowest BCUT2D eigenvalue weighted by Gasteiger charge is -2.07. The lowest BCUT2D eigenvalue weighted by Crippen LogP contribution is -2.24. The molecule has 1 heterocycles. The van der Waals surface area contributed by atoms with Crippen molar-refractivity contribution < 1.29 is 13.9 Å². The summed E-state index contributed by atoms with van der Waals surface area (Å²) in [5, 5.41) is 5.69. The summed E-state index contributed by atoms with van der Waals surface area (Å²) in [6, 6.07) is 11.2. The molecule has 0 unspecified atom stereocenters. The number of rotatable bonds is 6. The molecule has 0 aliphatic carbocycles. The first-order chi connectivity index (χ1) is 13.8. The maximum absolute atomic E-state index is 11.8. The minimum atomic E-state index is -0.489. The summed E-state index contributed by atoms with van der Waals surface area (Å²) >= 11 is 29.9. The second kappa shape index (κ2) is 9.74. The topological polar surface area (TPSA) is 63.8 Å². The van der Waals surface area contributed by atoms with Gasteiger partial charge in [0.2, 0.25) is 0 Å². The molecule has 0 aliphatic heterocycles. The van der Waals surface area contributed by atoms with E-state index >= 15 is 0 Å². The molecule has 0 radical (unpaired) electrons. The maximum Gasteiger partial charge on any atom is 0.277 e. The standard InChI is InChI=1S/C19H11Cl5N2O3/c20-10-1-3-13(21)18(5-10)28-9-19(27)26-25-8-11-2-4-17(29-11)12-6-15(23)16(24)7-14(12)22/h1-8H,9H2,(H,26,27)/b25-8-. The van der Waals surface area contributed by atoms with E-state index in [0.29, 0.717) is 47.9 Å². The average molecular weight is 493 g/mol. The average Bonchev–Trinajstić information content (AvgIpc) is 3.14. The number of hydrazone groups is 1. The molecule has 3 rings (SSSR count). The van der Waals surface area contributed by atoms with Gasteiger partial charge in [0.25, 0.3) is 5.91 Å². The van der Waals surface area contributed by atoms with E-state index in [-0.39, 0.29) is 6.61 Å². The number of hydrogen-bond acceptors (Lipinski definition) is 4. The van der Waals surface area contributed by atoms with Crippen molar-refractivity contribution in [3.05, 3.63) is 73.3 Å². The molecule has 2 aromatic carbocycles. The fraction of sp³-hybridized carbons (Fsp3) is 0.0526. The summed E-state index contributed by atoms with van der Waals surface area (Å²) in [5.74, 6) is 0.672. The first-order valence-corrected chi connectivity index (χ1v) is 9.87. The van der Waals surface area contributed by atoms with Gasteiger partial charge in [-0.2, -0.15) is 5.10 Å². The van der Waals surface area contributed by atoms with Gasteiger partial charge in [-0.25, -0.2) is 5.43 Å². The van der Waals surface area contributed by atoms with Gasteiger partial charge in [-0.1, -0.05) is 58.0 Å². The molecule has 1 aromatic heterocycles. The quantitative estimate of drug-likeness (QED) is 0.235. The van der Waals surface area contributed by atoms with Gasteiger partial charge in [-0.05, 0) is 36.4 Å². The van der Waals surface area contributed by atoms with Crippen molar-refractivity contribution in [3.8, 4) is 17.1 Å². The Hall–Kier alpha value is -1.89. The van der Waals surface area contributed by atoms with Crippen molar-refractivity contribution in [1.82, 2.24) is 5.43 Å². The summed E-state index contributed by atoms with van der Waals surface area (Å²) in [6.45, 7) is -0.292. The van der Waals surface area contributed by atoms with Crippen molar-refractivity contribution in [3.63, 3.8) is 0 Å². The number of amides is 1. The number of benzene rings is 2. The lowest BCUT2D eigenvalue weighted by atomic mass is 10.2. The predicted octanol–water partition coefficient (Wildman–Crippen LogP) is 6.74. The van der Waals surface area contributed by atoms with Crippen molar-refractivity contribution in [2.24, 2.45) is 5.10 Å². The lowest BCUT2D eigenvalue weighted by molar-refractivity contribution is -0.123. The first kappa shape index (κ1) is 21.8. The molecule has 10 heteroatoms. The van der Waals surface area contributed by atoms with E-state index in [9.17, 15) is 4.79 Å². The highest BCUT2D eigenvalue weighted by molar-refractivity contribution is 6.44. The Labute approximate surface area is 191 Å². The summed E-state index contributed by atoms with van der Waals surface area (Å²) in [5.41, 5.74) is 2.90. The molecular formula is C19H11Cl5N2O3. The molecule has 0 saturated heterocycles. The van der Waals surface area contributed by atoms with Gasteiger partial charge < -0.3 is 9.15 Å². The first-order valence-electron chi connectivity index (χ1n) is 7.98. The zero-order valence-corrected chi connectivity index (χ0v) is 18.2. The maximum atomic E-state index is 11.8. The van der Waals surface area contributed by atoms with Gasteiger partial charge in [-0.15, -0.1) is 0 Å². The Balaban J connectivity index is 1.58. The molecule has 3 aromatic rings. The number of furan rings is 1. The molecule has 0 fully saturated rings. The van der Waals surface area contributed by atoms with Gasteiger partial charge >= 0.3 is 0 Å². The number of carbonyl (C=O) groups excluding carboxylic acids is 1. The SMILES string of the molecule is O=C(COc1cc(Cl)ccc1Cl)N/N=C\c1ccc(-c2cc(Cl)c(Cl)cc2Cl)o1. The second-order valence-corrected chi connectivity index (χ2v) is 7.67. The smallest absolute Gasteiger partial charge is 0.277 e. The van der Waals surface area contributed by atoms with Crippen LogP contribution in [-0.4, -0.2) is 18.7 Å². The minimum absolute atomic E-state index is 0.292. The van der Waals surface area contributed by atoms with Crippen LogP contribution in [0.2, 0.25) is 25.1 Å². The molecule has 0 spiro atoms. The van der Waals surface area contributed by atoms with E-state index < -0.39 is 5.91 Å². The molecule has 0 saturated carbocycles. The molecule has 29 heavy (non-hydrogen) atoms. The van der Waals surface area contributed by atoms with Gasteiger partial charge in [0.1, 0.15) is 17.3 Å². The van der Waals surface area contributed by atoms with Crippen molar-refractivity contribution in [2.45, 2.75) is 0 Å². The number of hydrogen-bond donors (Lipinski definition) is 1. The molecule has 1 N–H and O–H groups in total. The van der Waals surface area contributed by atoms with Crippen LogP contribution in [0.3, 0.4) is 0 Å². The highest BCUT2D eigenvalue weighted by Crippen LogP contribution is 2.35. The number of carbonyl (C=O) groups is 1. The molecule has 150 valence electrons. The molecular weight excluding hydrogens is 481 g/mol. The number of nitrogens with one attached hydrogen (secondary N) is 1.